The zero-order valence-corrected chi connectivity index (χ0v) is 18.4. The number of nitrogens with zero attached hydrogens (tertiary/aromatic N) is 1. The Morgan fingerprint density at radius 2 is 1.79 bits per heavy atom. The second-order valence-corrected chi connectivity index (χ2v) is 10.1. The average Bonchev–Trinajstić information content (AvgIpc) is 3.06. The average molecular weight is 415 g/mol. The van der Waals surface area contributed by atoms with Crippen LogP contribution < -0.4 is 10.1 Å². The molecule has 0 saturated heterocycles. The van der Waals surface area contributed by atoms with Gasteiger partial charge in [0.1, 0.15) is 10.6 Å². The van der Waals surface area contributed by atoms with Gasteiger partial charge < -0.3 is 14.5 Å². The molecular formula is C23H30N2O3S. The number of ether oxygens (including phenoxy) is 1. The number of hydrogen-bond acceptors (Lipinski definition) is 4. The normalized spacial score (nSPS) is 12.4. The Morgan fingerprint density at radius 3 is 2.45 bits per heavy atom. The lowest BCUT2D eigenvalue weighted by atomic mass is 10.1. The number of benzene rings is 1. The van der Waals surface area contributed by atoms with E-state index in [0.717, 1.165) is 18.5 Å². The van der Waals surface area contributed by atoms with Crippen molar-refractivity contribution in [2.24, 2.45) is 0 Å². The molecule has 0 fully saturated rings. The minimum absolute atomic E-state index is 0.0939. The standard InChI is InChI=1S/C23H30N2O3S/c1-5-18-17-25-15-7-6-9-21(25)22(18)29(26,27)20-12-10-19(11-13-20)28-16-8-14-24-23(2,3)4/h6-7,9-13,15,17,24H,5,8,14,16H2,1-4H3. The Hall–Kier alpha value is -2.31. The minimum Gasteiger partial charge on any atom is -0.494 e. The predicted octanol–water partition coefficient (Wildman–Crippen LogP) is 4.49. The predicted molar refractivity (Wildman–Crippen MR) is 117 cm³/mol. The van der Waals surface area contributed by atoms with Gasteiger partial charge in [0.15, 0.2) is 0 Å². The van der Waals surface area contributed by atoms with Gasteiger partial charge in [-0.3, -0.25) is 0 Å². The van der Waals surface area contributed by atoms with Crippen LogP contribution in [-0.4, -0.2) is 31.5 Å². The molecule has 156 valence electrons. The zero-order valence-electron chi connectivity index (χ0n) is 17.6. The highest BCUT2D eigenvalue weighted by Gasteiger charge is 2.25. The number of pyridine rings is 1. The largest absolute Gasteiger partial charge is 0.494 e. The summed E-state index contributed by atoms with van der Waals surface area (Å²) >= 11 is 0. The maximum atomic E-state index is 13.3. The first-order valence-electron chi connectivity index (χ1n) is 10.0. The van der Waals surface area contributed by atoms with Crippen molar-refractivity contribution in [2.45, 2.75) is 55.9 Å². The quantitative estimate of drug-likeness (QED) is 0.552. The molecular weight excluding hydrogens is 384 g/mol. The molecule has 6 heteroatoms. The van der Waals surface area contributed by atoms with Crippen molar-refractivity contribution in [3.8, 4) is 5.75 Å². The van der Waals surface area contributed by atoms with Crippen molar-refractivity contribution >= 4 is 15.4 Å². The van der Waals surface area contributed by atoms with Crippen LogP contribution in [-0.2, 0) is 16.3 Å². The van der Waals surface area contributed by atoms with Crippen LogP contribution in [0.25, 0.3) is 5.52 Å². The Morgan fingerprint density at radius 1 is 1.07 bits per heavy atom. The summed E-state index contributed by atoms with van der Waals surface area (Å²) in [6.07, 6.45) is 5.30. The van der Waals surface area contributed by atoms with Crippen molar-refractivity contribution in [3.63, 3.8) is 0 Å². The molecule has 0 radical (unpaired) electrons. The molecule has 0 bridgehead atoms. The number of rotatable bonds is 8. The molecule has 0 unspecified atom stereocenters. The lowest BCUT2D eigenvalue weighted by molar-refractivity contribution is 0.298. The van der Waals surface area contributed by atoms with Gasteiger partial charge in [-0.05, 0) is 82.1 Å². The summed E-state index contributed by atoms with van der Waals surface area (Å²) in [4.78, 5) is 0.674. The molecule has 0 saturated carbocycles. The van der Waals surface area contributed by atoms with Crippen molar-refractivity contribution in [3.05, 3.63) is 60.4 Å². The highest BCUT2D eigenvalue weighted by Crippen LogP contribution is 2.31. The van der Waals surface area contributed by atoms with Crippen LogP contribution in [0.3, 0.4) is 0 Å². The van der Waals surface area contributed by atoms with Crippen LogP contribution in [0, 0.1) is 0 Å². The molecule has 29 heavy (non-hydrogen) atoms. The molecule has 1 N–H and O–H groups in total. The molecule has 0 aliphatic heterocycles. The summed E-state index contributed by atoms with van der Waals surface area (Å²) in [5.74, 6) is 0.678. The lowest BCUT2D eigenvalue weighted by Crippen LogP contribution is -2.36. The Bertz CT molecular complexity index is 1060. The third-order valence-electron chi connectivity index (χ3n) is 4.74. The molecule has 2 heterocycles. The van der Waals surface area contributed by atoms with Gasteiger partial charge in [-0.1, -0.05) is 13.0 Å². The van der Waals surface area contributed by atoms with Crippen LogP contribution in [0.2, 0.25) is 0 Å². The molecule has 1 aromatic carbocycles. The van der Waals surface area contributed by atoms with E-state index in [9.17, 15) is 8.42 Å². The van der Waals surface area contributed by atoms with E-state index in [-0.39, 0.29) is 10.4 Å². The van der Waals surface area contributed by atoms with Crippen LogP contribution in [0.15, 0.2) is 64.6 Å². The lowest BCUT2D eigenvalue weighted by Gasteiger charge is -2.20. The molecule has 0 amide bonds. The summed E-state index contributed by atoms with van der Waals surface area (Å²) in [7, 11) is -3.61. The van der Waals surface area contributed by atoms with E-state index in [1.165, 1.54) is 0 Å². The molecule has 0 atom stereocenters. The third-order valence-corrected chi connectivity index (χ3v) is 6.64. The smallest absolute Gasteiger partial charge is 0.208 e. The van der Waals surface area contributed by atoms with Crippen LogP contribution >= 0.6 is 0 Å². The van der Waals surface area contributed by atoms with Crippen LogP contribution in [0.1, 0.15) is 39.7 Å². The van der Waals surface area contributed by atoms with Gasteiger partial charge >= 0.3 is 0 Å². The number of sulfone groups is 1. The summed E-state index contributed by atoms with van der Waals surface area (Å²) in [6, 6.07) is 12.3. The van der Waals surface area contributed by atoms with Crippen LogP contribution in [0.4, 0.5) is 0 Å². The van der Waals surface area contributed by atoms with Crippen LogP contribution in [0.5, 0.6) is 5.75 Å². The van der Waals surface area contributed by atoms with Crippen molar-refractivity contribution in [1.82, 2.24) is 9.72 Å². The van der Waals surface area contributed by atoms with Crippen molar-refractivity contribution in [2.75, 3.05) is 13.2 Å². The fourth-order valence-corrected chi connectivity index (χ4v) is 4.99. The topological polar surface area (TPSA) is 59.8 Å². The highest BCUT2D eigenvalue weighted by atomic mass is 32.2. The summed E-state index contributed by atoms with van der Waals surface area (Å²) in [5, 5.41) is 3.42. The second-order valence-electron chi connectivity index (χ2n) is 8.18. The van der Waals surface area contributed by atoms with Gasteiger partial charge in [0.2, 0.25) is 9.84 Å². The molecule has 0 aliphatic rings. The van der Waals surface area contributed by atoms with Gasteiger partial charge in [-0.15, -0.1) is 0 Å². The van der Waals surface area contributed by atoms with E-state index in [1.54, 1.807) is 24.3 Å². The highest BCUT2D eigenvalue weighted by molar-refractivity contribution is 7.91. The van der Waals surface area contributed by atoms with Gasteiger partial charge in [0, 0.05) is 17.9 Å². The molecule has 5 nitrogen and oxygen atoms in total. The van der Waals surface area contributed by atoms with Crippen molar-refractivity contribution in [1.29, 1.82) is 0 Å². The third kappa shape index (κ3) is 5.00. The first kappa shape index (κ1) is 21.4. The summed E-state index contributed by atoms with van der Waals surface area (Å²) in [5.41, 5.74) is 1.62. The van der Waals surface area contributed by atoms with E-state index < -0.39 is 9.84 Å². The zero-order chi connectivity index (χ0) is 21.1. The van der Waals surface area contributed by atoms with Crippen molar-refractivity contribution < 1.29 is 13.2 Å². The second kappa shape index (κ2) is 8.59. The number of hydrogen-bond donors (Lipinski definition) is 1. The Kier molecular flexibility index (Phi) is 6.34. The van der Waals surface area contributed by atoms with E-state index in [2.05, 4.69) is 26.1 Å². The Labute approximate surface area is 173 Å². The molecule has 0 spiro atoms. The maximum Gasteiger partial charge on any atom is 0.208 e. The molecule has 2 aromatic heterocycles. The molecule has 3 rings (SSSR count). The van der Waals surface area contributed by atoms with Gasteiger partial charge in [0.25, 0.3) is 0 Å². The minimum atomic E-state index is -3.61. The molecule has 0 aliphatic carbocycles. The van der Waals surface area contributed by atoms with E-state index in [0.29, 0.717) is 29.2 Å². The van der Waals surface area contributed by atoms with Gasteiger partial charge in [0.05, 0.1) is 17.0 Å². The SMILES string of the molecule is CCc1cn2ccccc2c1S(=O)(=O)c1ccc(OCCCNC(C)(C)C)cc1. The van der Waals surface area contributed by atoms with E-state index in [1.807, 2.05) is 41.9 Å². The van der Waals surface area contributed by atoms with E-state index in [4.69, 9.17) is 4.74 Å². The number of fused-ring (bicyclic) bond motifs is 1. The monoisotopic (exact) mass is 414 g/mol. The number of aromatic nitrogens is 1. The van der Waals surface area contributed by atoms with E-state index >= 15 is 0 Å². The fraction of sp³-hybridized carbons (Fsp3) is 0.391. The van der Waals surface area contributed by atoms with Gasteiger partial charge in [-0.2, -0.15) is 0 Å². The maximum absolute atomic E-state index is 13.3. The molecule has 3 aromatic rings. The summed E-state index contributed by atoms with van der Waals surface area (Å²) < 4.78 is 34.3. The number of aryl methyl sites for hydroxylation is 1. The summed E-state index contributed by atoms with van der Waals surface area (Å²) in [6.45, 7) is 9.82. The number of nitrogens with one attached hydrogen (secondary N) is 1. The first-order chi connectivity index (χ1) is 13.7. The fourth-order valence-electron chi connectivity index (χ4n) is 3.27. The first-order valence-corrected chi connectivity index (χ1v) is 11.5. The Balaban J connectivity index is 1.74. The van der Waals surface area contributed by atoms with Gasteiger partial charge in [-0.25, -0.2) is 8.42 Å².